The Morgan fingerprint density at radius 1 is 1.26 bits per heavy atom. The van der Waals surface area contributed by atoms with Crippen molar-refractivity contribution in [2.24, 2.45) is 28.6 Å². The molecular weight excluding hydrogens is 300 g/mol. The van der Waals surface area contributed by atoms with Gasteiger partial charge in [-0.2, -0.15) is 0 Å². The van der Waals surface area contributed by atoms with E-state index in [1.54, 1.807) is 6.92 Å². The topological polar surface area (TPSA) is 96.2 Å². The second-order valence-electron chi connectivity index (χ2n) is 8.53. The highest BCUT2D eigenvalue weighted by molar-refractivity contribution is 5.66. The number of aliphatic hydroxyl groups is 3. The lowest BCUT2D eigenvalue weighted by Gasteiger charge is -2.59. The zero-order valence-electron chi connectivity index (χ0n) is 14.4. The van der Waals surface area contributed by atoms with Gasteiger partial charge in [-0.3, -0.25) is 4.79 Å². The van der Waals surface area contributed by atoms with E-state index in [0.29, 0.717) is 6.42 Å². The third kappa shape index (κ3) is 1.92. The summed E-state index contributed by atoms with van der Waals surface area (Å²) in [4.78, 5) is 11.6. The summed E-state index contributed by atoms with van der Waals surface area (Å²) in [5.74, 6) is -1.47. The summed E-state index contributed by atoms with van der Waals surface area (Å²) >= 11 is 0. The fourth-order valence-corrected chi connectivity index (χ4v) is 5.95. The molecule has 0 radical (unpaired) electrons. The number of ether oxygens (including phenoxy) is 2. The summed E-state index contributed by atoms with van der Waals surface area (Å²) < 4.78 is 11.1. The largest absolute Gasteiger partial charge is 0.462 e. The highest BCUT2D eigenvalue weighted by Crippen LogP contribution is 2.68. The smallest absolute Gasteiger partial charge is 0.302 e. The van der Waals surface area contributed by atoms with E-state index in [2.05, 4.69) is 0 Å². The molecule has 0 aromatic carbocycles. The Hall–Kier alpha value is -0.690. The number of hydrogen-bond acceptors (Lipinski definition) is 6. The first-order chi connectivity index (χ1) is 10.5. The number of rotatable bonds is 1. The first-order valence-corrected chi connectivity index (χ1v) is 8.35. The second-order valence-corrected chi connectivity index (χ2v) is 8.53. The number of carbonyl (C=O) groups is 1. The molecular formula is C17H28O6. The van der Waals surface area contributed by atoms with Crippen molar-refractivity contribution in [3.63, 3.8) is 0 Å². The zero-order valence-corrected chi connectivity index (χ0v) is 14.4. The lowest BCUT2D eigenvalue weighted by molar-refractivity contribution is -0.323. The van der Waals surface area contributed by atoms with Gasteiger partial charge in [0.1, 0.15) is 6.10 Å². The average molecular weight is 328 g/mol. The quantitative estimate of drug-likeness (QED) is 0.613. The number of esters is 1. The maximum absolute atomic E-state index is 11.8. The van der Waals surface area contributed by atoms with Crippen molar-refractivity contribution in [1.82, 2.24) is 0 Å². The minimum atomic E-state index is -1.36. The van der Waals surface area contributed by atoms with Crippen LogP contribution in [-0.2, 0) is 14.3 Å². The monoisotopic (exact) mass is 328 g/mol. The van der Waals surface area contributed by atoms with Crippen molar-refractivity contribution in [2.45, 2.75) is 65.1 Å². The number of carbonyl (C=O) groups excluding carboxylic acids is 1. The SMILES string of the molecule is CC(=O)O[C@H]1C[C@@H](C)[C@@H]2[C@@H](O)OC[C@@]3(C)[C@H](O)C(C)(C)[C@H]1[C@]23O. The van der Waals surface area contributed by atoms with Crippen LogP contribution in [0.25, 0.3) is 0 Å². The van der Waals surface area contributed by atoms with Gasteiger partial charge >= 0.3 is 5.97 Å². The molecule has 3 rings (SSSR count). The molecule has 3 aliphatic rings. The van der Waals surface area contributed by atoms with Gasteiger partial charge in [0.2, 0.25) is 0 Å². The van der Waals surface area contributed by atoms with Gasteiger partial charge in [0, 0.05) is 29.6 Å². The second kappa shape index (κ2) is 4.91. The van der Waals surface area contributed by atoms with Crippen LogP contribution in [0.15, 0.2) is 0 Å². The molecule has 6 heteroatoms. The van der Waals surface area contributed by atoms with E-state index in [1.165, 1.54) is 6.92 Å². The molecule has 132 valence electrons. The Bertz CT molecular complexity index is 519. The standard InChI is InChI=1S/C17H28O6/c1-8-6-10(23-9(2)18)12-15(3,4)14(20)16(5)7-22-13(19)11(8)17(12,16)21/h8,10-14,19-21H,6-7H2,1-5H3/t8-,10+,11-,12+,13+,14-,16+,17-/m1/s1. The van der Waals surface area contributed by atoms with E-state index in [9.17, 15) is 20.1 Å². The first-order valence-electron chi connectivity index (χ1n) is 8.35. The summed E-state index contributed by atoms with van der Waals surface area (Å²) in [6, 6.07) is 0. The van der Waals surface area contributed by atoms with E-state index in [1.807, 2.05) is 20.8 Å². The van der Waals surface area contributed by atoms with Gasteiger partial charge in [-0.25, -0.2) is 0 Å². The Balaban J connectivity index is 2.17. The summed E-state index contributed by atoms with van der Waals surface area (Å²) in [6.07, 6.45) is -1.86. The molecule has 1 aliphatic heterocycles. The van der Waals surface area contributed by atoms with Crippen LogP contribution in [0.4, 0.5) is 0 Å². The van der Waals surface area contributed by atoms with Gasteiger partial charge in [-0.15, -0.1) is 0 Å². The van der Waals surface area contributed by atoms with Crippen LogP contribution in [0.5, 0.6) is 0 Å². The lowest BCUT2D eigenvalue weighted by atomic mass is 9.54. The average Bonchev–Trinajstić information content (AvgIpc) is 2.52. The number of aliphatic hydroxyl groups excluding tert-OH is 2. The molecule has 0 aromatic heterocycles. The molecule has 0 spiro atoms. The molecule has 6 nitrogen and oxygen atoms in total. The normalized spacial score (nSPS) is 54.4. The summed E-state index contributed by atoms with van der Waals surface area (Å²) in [6.45, 7) is 8.94. The van der Waals surface area contributed by atoms with E-state index in [0.717, 1.165) is 0 Å². The predicted molar refractivity (Wildman–Crippen MR) is 81.1 cm³/mol. The molecule has 1 heterocycles. The van der Waals surface area contributed by atoms with Crippen LogP contribution < -0.4 is 0 Å². The van der Waals surface area contributed by atoms with E-state index >= 15 is 0 Å². The summed E-state index contributed by atoms with van der Waals surface area (Å²) in [5.41, 5.74) is -2.95. The van der Waals surface area contributed by atoms with Crippen molar-refractivity contribution in [3.8, 4) is 0 Å². The lowest BCUT2D eigenvalue weighted by Crippen LogP contribution is -2.69. The summed E-state index contributed by atoms with van der Waals surface area (Å²) in [5, 5.41) is 33.1. The van der Waals surface area contributed by atoms with Crippen molar-refractivity contribution >= 4 is 5.97 Å². The van der Waals surface area contributed by atoms with Gasteiger partial charge < -0.3 is 24.8 Å². The molecule has 0 aromatic rings. The molecule has 23 heavy (non-hydrogen) atoms. The van der Waals surface area contributed by atoms with Crippen molar-refractivity contribution in [2.75, 3.05) is 6.61 Å². The predicted octanol–water partition coefficient (Wildman–Crippen LogP) is 0.677. The van der Waals surface area contributed by atoms with Crippen LogP contribution in [-0.4, -0.2) is 52.0 Å². The van der Waals surface area contributed by atoms with Gasteiger partial charge in [-0.1, -0.05) is 27.7 Å². The maximum Gasteiger partial charge on any atom is 0.302 e. The van der Waals surface area contributed by atoms with Gasteiger partial charge in [0.05, 0.1) is 18.3 Å². The van der Waals surface area contributed by atoms with Crippen molar-refractivity contribution in [3.05, 3.63) is 0 Å². The zero-order chi connectivity index (χ0) is 17.4. The van der Waals surface area contributed by atoms with Crippen LogP contribution >= 0.6 is 0 Å². The van der Waals surface area contributed by atoms with Gasteiger partial charge in [-0.05, 0) is 12.3 Å². The highest BCUT2D eigenvalue weighted by atomic mass is 16.6. The summed E-state index contributed by atoms with van der Waals surface area (Å²) in [7, 11) is 0. The third-order valence-corrected chi connectivity index (χ3v) is 6.77. The Kier molecular flexibility index (Phi) is 3.66. The fourth-order valence-electron chi connectivity index (χ4n) is 5.95. The number of hydrogen-bond donors (Lipinski definition) is 3. The van der Waals surface area contributed by atoms with Gasteiger partial charge in [0.15, 0.2) is 6.29 Å². The highest BCUT2D eigenvalue weighted by Gasteiger charge is 2.78. The van der Waals surface area contributed by atoms with Crippen molar-refractivity contribution < 1.29 is 29.6 Å². The van der Waals surface area contributed by atoms with Crippen LogP contribution in [0.3, 0.4) is 0 Å². The maximum atomic E-state index is 11.8. The van der Waals surface area contributed by atoms with Gasteiger partial charge in [0.25, 0.3) is 0 Å². The molecule has 1 saturated heterocycles. The minimum Gasteiger partial charge on any atom is -0.462 e. The molecule has 3 fully saturated rings. The molecule has 3 N–H and O–H groups in total. The van der Waals surface area contributed by atoms with Crippen LogP contribution in [0.1, 0.15) is 41.0 Å². The molecule has 2 saturated carbocycles. The molecule has 8 atom stereocenters. The van der Waals surface area contributed by atoms with E-state index < -0.39 is 52.7 Å². The fraction of sp³-hybridized carbons (Fsp3) is 0.941. The Morgan fingerprint density at radius 3 is 2.43 bits per heavy atom. The molecule has 0 amide bonds. The first kappa shape index (κ1) is 17.1. The Labute approximate surface area is 136 Å². The van der Waals surface area contributed by atoms with E-state index in [4.69, 9.17) is 9.47 Å². The van der Waals surface area contributed by atoms with Crippen LogP contribution in [0, 0.1) is 28.6 Å². The molecule has 0 unspecified atom stereocenters. The molecule has 2 aliphatic carbocycles. The third-order valence-electron chi connectivity index (χ3n) is 6.77. The molecule has 0 bridgehead atoms. The Morgan fingerprint density at radius 2 is 1.87 bits per heavy atom. The minimum absolute atomic E-state index is 0.0712. The van der Waals surface area contributed by atoms with Crippen LogP contribution in [0.2, 0.25) is 0 Å². The van der Waals surface area contributed by atoms with E-state index in [-0.39, 0.29) is 12.5 Å². The van der Waals surface area contributed by atoms with Crippen molar-refractivity contribution in [1.29, 1.82) is 0 Å².